The second kappa shape index (κ2) is 8.83. The van der Waals surface area contributed by atoms with Crippen molar-refractivity contribution >= 4 is 29.3 Å². The molecule has 0 amide bonds. The first-order chi connectivity index (χ1) is 13.9. The second-order valence-corrected chi connectivity index (χ2v) is 11.0. The van der Waals surface area contributed by atoms with Gasteiger partial charge in [-0.15, -0.1) is 0 Å². The van der Waals surface area contributed by atoms with Gasteiger partial charge in [-0.25, -0.2) is 0 Å². The van der Waals surface area contributed by atoms with Crippen LogP contribution in [0.5, 0.6) is 0 Å². The Labute approximate surface area is 168 Å². The third-order valence-electron chi connectivity index (χ3n) is 5.33. The molecule has 4 aromatic carbocycles. The van der Waals surface area contributed by atoms with E-state index < -0.39 is 7.26 Å². The van der Waals surface area contributed by atoms with Crippen LogP contribution in [0.3, 0.4) is 0 Å². The summed E-state index contributed by atoms with van der Waals surface area (Å²) >= 11 is 0. The molecule has 1 heteroatoms. The predicted octanol–water partition coefficient (Wildman–Crippen LogP) is 5.43. The average molecular weight is 380 g/mol. The quantitative estimate of drug-likeness (QED) is 0.392. The van der Waals surface area contributed by atoms with Crippen molar-refractivity contribution in [2.24, 2.45) is 0 Å². The molecule has 4 rings (SSSR count). The van der Waals surface area contributed by atoms with Crippen LogP contribution < -0.4 is 15.9 Å². The van der Waals surface area contributed by atoms with Gasteiger partial charge in [-0.1, -0.05) is 0 Å². The van der Waals surface area contributed by atoms with Crippen LogP contribution in [-0.4, -0.2) is 6.16 Å². The van der Waals surface area contributed by atoms with Gasteiger partial charge in [-0.05, 0) is 0 Å². The fourth-order valence-electron chi connectivity index (χ4n) is 3.96. The molecule has 0 radical (unpaired) electrons. The van der Waals surface area contributed by atoms with Crippen LogP contribution in [-0.2, 0) is 0 Å². The summed E-state index contributed by atoms with van der Waals surface area (Å²) in [5.74, 6) is 0. The summed E-state index contributed by atoms with van der Waals surface area (Å²) in [7, 11) is -2.16. The molecule has 0 bridgehead atoms. The second-order valence-electron chi connectivity index (χ2n) is 7.02. The number of hydrogen-bond donors (Lipinski definition) is 0. The van der Waals surface area contributed by atoms with Gasteiger partial charge in [0.1, 0.15) is 0 Å². The van der Waals surface area contributed by atoms with Crippen LogP contribution in [0.15, 0.2) is 127 Å². The van der Waals surface area contributed by atoms with E-state index in [4.69, 9.17) is 0 Å². The molecule has 0 saturated heterocycles. The monoisotopic (exact) mass is 380 g/mol. The molecule has 0 spiro atoms. The van der Waals surface area contributed by atoms with Crippen molar-refractivity contribution in [1.29, 1.82) is 0 Å². The van der Waals surface area contributed by atoms with E-state index in [9.17, 15) is 0 Å². The van der Waals surface area contributed by atoms with E-state index in [1.165, 1.54) is 21.5 Å². The Morgan fingerprint density at radius 1 is 0.464 bits per heavy atom. The fraction of sp³-hybridized carbons (Fsp3) is 0.0370. The summed E-state index contributed by atoms with van der Waals surface area (Å²) in [5.41, 5.74) is 1.25. The maximum absolute atomic E-state index is 2.37. The SMILES string of the molecule is C(=C\c1ccccc1)/C[PH](c1ccccc1)(c1ccccc1)c1ccccc1. The van der Waals surface area contributed by atoms with Crippen molar-refractivity contribution in [3.05, 3.63) is 133 Å². The van der Waals surface area contributed by atoms with Gasteiger partial charge in [-0.2, -0.15) is 0 Å². The van der Waals surface area contributed by atoms with E-state index in [-0.39, 0.29) is 0 Å². The van der Waals surface area contributed by atoms with Gasteiger partial charge in [0.25, 0.3) is 0 Å². The van der Waals surface area contributed by atoms with E-state index in [0.717, 1.165) is 6.16 Å². The third kappa shape index (κ3) is 3.84. The van der Waals surface area contributed by atoms with Gasteiger partial charge in [0.2, 0.25) is 0 Å². The molecule has 0 N–H and O–H groups in total. The Morgan fingerprint density at radius 3 is 1.21 bits per heavy atom. The molecule has 0 aliphatic carbocycles. The first-order valence-electron chi connectivity index (χ1n) is 9.78. The van der Waals surface area contributed by atoms with Gasteiger partial charge < -0.3 is 0 Å². The van der Waals surface area contributed by atoms with Crippen molar-refractivity contribution < 1.29 is 0 Å². The Kier molecular flexibility index (Phi) is 5.80. The summed E-state index contributed by atoms with van der Waals surface area (Å²) < 4.78 is 0. The zero-order valence-electron chi connectivity index (χ0n) is 15.9. The molecule has 4 aromatic rings. The fourth-order valence-corrected chi connectivity index (χ4v) is 8.42. The van der Waals surface area contributed by atoms with Crippen molar-refractivity contribution in [1.82, 2.24) is 0 Å². The van der Waals surface area contributed by atoms with Crippen molar-refractivity contribution in [2.45, 2.75) is 0 Å². The molecule has 0 aliphatic heterocycles. The topological polar surface area (TPSA) is 0 Å². The first-order valence-corrected chi connectivity index (χ1v) is 12.0. The molecule has 28 heavy (non-hydrogen) atoms. The standard InChI is InChI=1S/C27H25P/c1-5-14-24(15-6-1)16-13-23-28(25-17-7-2-8-18-25,26-19-9-3-10-20-26)27-21-11-4-12-22-27/h1-22,28H,23H2/b16-13+. The minimum atomic E-state index is -2.16. The van der Waals surface area contributed by atoms with Crippen LogP contribution in [0.1, 0.15) is 5.56 Å². The Balaban J connectivity index is 1.87. The van der Waals surface area contributed by atoms with Crippen LogP contribution in [0.25, 0.3) is 6.08 Å². The Morgan fingerprint density at radius 2 is 0.821 bits per heavy atom. The van der Waals surface area contributed by atoms with Crippen molar-refractivity contribution in [3.63, 3.8) is 0 Å². The predicted molar refractivity (Wildman–Crippen MR) is 127 cm³/mol. The summed E-state index contributed by atoms with van der Waals surface area (Å²) in [6.07, 6.45) is 5.66. The first kappa shape index (κ1) is 18.4. The number of benzene rings is 4. The molecule has 0 atom stereocenters. The van der Waals surface area contributed by atoms with Crippen LogP contribution in [0.4, 0.5) is 0 Å². The molecule has 0 nitrogen and oxygen atoms in total. The Bertz CT molecular complexity index is 910. The summed E-state index contributed by atoms with van der Waals surface area (Å²) in [6, 6.07) is 43.8. The van der Waals surface area contributed by atoms with E-state index in [1.54, 1.807) is 0 Å². The maximum atomic E-state index is 2.37. The van der Waals surface area contributed by atoms with Crippen LogP contribution >= 0.6 is 7.26 Å². The zero-order valence-corrected chi connectivity index (χ0v) is 16.9. The molecular weight excluding hydrogens is 355 g/mol. The molecule has 0 aliphatic rings. The summed E-state index contributed by atoms with van der Waals surface area (Å²) in [5, 5.41) is 4.35. The van der Waals surface area contributed by atoms with E-state index in [1.807, 2.05) is 0 Å². The van der Waals surface area contributed by atoms with E-state index in [2.05, 4.69) is 133 Å². The van der Waals surface area contributed by atoms with Crippen LogP contribution in [0.2, 0.25) is 0 Å². The minimum absolute atomic E-state index is 1.03. The summed E-state index contributed by atoms with van der Waals surface area (Å²) in [4.78, 5) is 0. The van der Waals surface area contributed by atoms with Crippen molar-refractivity contribution in [2.75, 3.05) is 6.16 Å². The van der Waals surface area contributed by atoms with Gasteiger partial charge in [0.15, 0.2) is 0 Å². The third-order valence-corrected chi connectivity index (χ3v) is 10.1. The van der Waals surface area contributed by atoms with E-state index >= 15 is 0 Å². The molecule has 0 aromatic heterocycles. The molecule has 0 saturated carbocycles. The Hall–Kier alpha value is -2.95. The van der Waals surface area contributed by atoms with Gasteiger partial charge in [0, 0.05) is 0 Å². The number of rotatable bonds is 6. The van der Waals surface area contributed by atoms with Gasteiger partial charge >= 0.3 is 168 Å². The number of allylic oxidation sites excluding steroid dienone is 1. The number of hydrogen-bond acceptors (Lipinski definition) is 0. The van der Waals surface area contributed by atoms with Crippen LogP contribution in [0, 0.1) is 0 Å². The summed E-state index contributed by atoms with van der Waals surface area (Å²) in [6.45, 7) is 0. The normalized spacial score (nSPS) is 12.1. The molecule has 0 fully saturated rings. The van der Waals surface area contributed by atoms with E-state index in [0.29, 0.717) is 0 Å². The molecule has 0 heterocycles. The zero-order chi connectivity index (χ0) is 19.1. The van der Waals surface area contributed by atoms with Gasteiger partial charge in [-0.3, -0.25) is 0 Å². The molecular formula is C27H25P. The van der Waals surface area contributed by atoms with Crippen molar-refractivity contribution in [3.8, 4) is 0 Å². The van der Waals surface area contributed by atoms with Gasteiger partial charge in [0.05, 0.1) is 0 Å². The molecule has 138 valence electrons. The average Bonchev–Trinajstić information content (AvgIpc) is 2.79. The molecule has 0 unspecified atom stereocenters.